The van der Waals surface area contributed by atoms with E-state index in [1.54, 1.807) is 0 Å². The van der Waals surface area contributed by atoms with Crippen molar-refractivity contribution in [3.05, 3.63) is 169 Å². The molecule has 56 heavy (non-hydrogen) atoms. The summed E-state index contributed by atoms with van der Waals surface area (Å²) in [7, 11) is 0. The Morgan fingerprint density at radius 2 is 1.30 bits per heavy atom. The number of benzene rings is 6. The molecule has 11 rings (SSSR count). The van der Waals surface area contributed by atoms with Crippen LogP contribution in [0.3, 0.4) is 0 Å². The van der Waals surface area contributed by atoms with Gasteiger partial charge in [0.25, 0.3) is 6.33 Å². The average Bonchev–Trinajstić information content (AvgIpc) is 3.89. The summed E-state index contributed by atoms with van der Waals surface area (Å²) in [6.07, 6.45) is 3.64. The van der Waals surface area contributed by atoms with Gasteiger partial charge in [-0.2, -0.15) is 18.2 Å². The Bertz CT molecular complexity index is 3180. The standard InChI is InChI=1S/C48H37N6O.Pt/c1-47(2)36-24-16-28-40-41(36)54-44(48(47,3)4)46(49-45(54)42-43(55)35-23-11-12-25-37(35)53(40)42)52(32-19-9-6-10-20-32)34-22-15-21-33(29-34)51-30-50(31-17-7-5-8-18-31)38-26-13-14-27-39(38)51;/h5-28,55H,1-4H3;/q-1;+2. The van der Waals surface area contributed by atoms with E-state index in [-0.39, 0.29) is 32.2 Å². The summed E-state index contributed by atoms with van der Waals surface area (Å²) in [4.78, 5) is 7.86. The van der Waals surface area contributed by atoms with Crippen LogP contribution in [0.2, 0.25) is 0 Å². The van der Waals surface area contributed by atoms with Crippen molar-refractivity contribution in [2.24, 2.45) is 0 Å². The Labute approximate surface area is 338 Å². The van der Waals surface area contributed by atoms with Crippen LogP contribution in [0, 0.1) is 12.4 Å². The topological polar surface area (TPSA) is 54.0 Å². The third kappa shape index (κ3) is 4.49. The minimum Gasteiger partial charge on any atom is -0.505 e. The molecule has 0 bridgehead atoms. The van der Waals surface area contributed by atoms with Gasteiger partial charge in [-0.15, -0.1) is 6.07 Å². The maximum Gasteiger partial charge on any atom is 2.00 e. The molecule has 5 heterocycles. The number of anilines is 3. The number of para-hydroxylation sites is 6. The molecule has 10 aromatic rings. The molecule has 0 fully saturated rings. The molecule has 8 heteroatoms. The van der Waals surface area contributed by atoms with Gasteiger partial charge in [-0.3, -0.25) is 8.97 Å². The van der Waals surface area contributed by atoms with E-state index >= 15 is 0 Å². The first kappa shape index (κ1) is 34.3. The van der Waals surface area contributed by atoms with Crippen LogP contribution < -0.4 is 9.47 Å². The molecule has 0 saturated heterocycles. The van der Waals surface area contributed by atoms with Gasteiger partial charge in [-0.05, 0) is 53.7 Å². The molecule has 0 atom stereocenters. The van der Waals surface area contributed by atoms with Crippen molar-refractivity contribution in [2.75, 3.05) is 4.90 Å². The van der Waals surface area contributed by atoms with Gasteiger partial charge in [-0.25, -0.2) is 4.98 Å². The third-order valence-corrected chi connectivity index (χ3v) is 12.3. The zero-order valence-electron chi connectivity index (χ0n) is 31.3. The van der Waals surface area contributed by atoms with E-state index in [1.807, 2.05) is 42.5 Å². The van der Waals surface area contributed by atoms with Gasteiger partial charge in [0, 0.05) is 21.9 Å². The first-order valence-corrected chi connectivity index (χ1v) is 18.7. The molecule has 1 aliphatic rings. The molecule has 1 N–H and O–H groups in total. The van der Waals surface area contributed by atoms with E-state index in [9.17, 15) is 5.11 Å². The summed E-state index contributed by atoms with van der Waals surface area (Å²) in [5.74, 6) is 1.03. The summed E-state index contributed by atoms with van der Waals surface area (Å²) >= 11 is 0. The van der Waals surface area contributed by atoms with Crippen molar-refractivity contribution >= 4 is 61.3 Å². The fourth-order valence-corrected chi connectivity index (χ4v) is 8.93. The van der Waals surface area contributed by atoms with Crippen LogP contribution in [0.25, 0.3) is 55.5 Å². The zero-order chi connectivity index (χ0) is 37.2. The average molecular weight is 909 g/mol. The van der Waals surface area contributed by atoms with Crippen LogP contribution >= 0.6 is 0 Å². The Hall–Kier alpha value is -6.17. The van der Waals surface area contributed by atoms with E-state index in [1.165, 1.54) is 5.56 Å². The van der Waals surface area contributed by atoms with E-state index in [0.29, 0.717) is 11.2 Å². The van der Waals surface area contributed by atoms with Crippen molar-refractivity contribution in [1.82, 2.24) is 18.4 Å². The number of hydrogen-bond acceptors (Lipinski definition) is 3. The summed E-state index contributed by atoms with van der Waals surface area (Å²) in [6, 6.07) is 53.9. The molecular formula is C48H37N6OPt+. The van der Waals surface area contributed by atoms with Crippen molar-refractivity contribution in [3.8, 4) is 17.1 Å². The normalized spacial score (nSPS) is 14.3. The molecular weight excluding hydrogens is 872 g/mol. The molecule has 274 valence electrons. The minimum absolute atomic E-state index is 0. The molecule has 6 aromatic carbocycles. The van der Waals surface area contributed by atoms with Gasteiger partial charge in [0.05, 0.1) is 39.0 Å². The fourth-order valence-electron chi connectivity index (χ4n) is 8.93. The minimum atomic E-state index is -0.403. The molecule has 7 nitrogen and oxygen atoms in total. The Balaban J connectivity index is 0.00000384. The first-order chi connectivity index (χ1) is 26.8. The van der Waals surface area contributed by atoms with Gasteiger partial charge in [0.2, 0.25) is 0 Å². The zero-order valence-corrected chi connectivity index (χ0v) is 33.6. The van der Waals surface area contributed by atoms with E-state index in [2.05, 4.69) is 166 Å². The van der Waals surface area contributed by atoms with Crippen LogP contribution in [0.1, 0.15) is 39.0 Å². The van der Waals surface area contributed by atoms with Crippen LogP contribution in [0.5, 0.6) is 5.75 Å². The molecule has 0 amide bonds. The van der Waals surface area contributed by atoms with Gasteiger partial charge >= 0.3 is 21.1 Å². The number of imidazole rings is 2. The Morgan fingerprint density at radius 1 is 0.643 bits per heavy atom. The van der Waals surface area contributed by atoms with Crippen LogP contribution in [-0.4, -0.2) is 23.5 Å². The maximum absolute atomic E-state index is 12.0. The molecule has 0 saturated carbocycles. The van der Waals surface area contributed by atoms with Crippen LogP contribution in [0.4, 0.5) is 17.2 Å². The van der Waals surface area contributed by atoms with E-state index in [4.69, 9.17) is 4.98 Å². The van der Waals surface area contributed by atoms with Gasteiger partial charge in [0.1, 0.15) is 5.52 Å². The smallest absolute Gasteiger partial charge is 0.505 e. The number of hydrogen-bond donors (Lipinski definition) is 1. The van der Waals surface area contributed by atoms with Gasteiger partial charge < -0.3 is 19.0 Å². The summed E-state index contributed by atoms with van der Waals surface area (Å²) < 4.78 is 8.71. The largest absolute Gasteiger partial charge is 2.00 e. The summed E-state index contributed by atoms with van der Waals surface area (Å²) in [5.41, 5.74) is 11.9. The summed E-state index contributed by atoms with van der Waals surface area (Å²) in [5, 5.41) is 12.8. The van der Waals surface area contributed by atoms with E-state index in [0.717, 1.165) is 67.2 Å². The van der Waals surface area contributed by atoms with Gasteiger partial charge in [-0.1, -0.05) is 118 Å². The molecule has 0 aliphatic carbocycles. The number of nitrogens with zero attached hydrogens (tertiary/aromatic N) is 6. The van der Waals surface area contributed by atoms with Gasteiger partial charge in [0.15, 0.2) is 17.2 Å². The SMILES string of the molecule is CC1(C)c2cccc3c2n2c(c(N(c4[c-]c(-n5[c-][n+](-c6ccccc6)c6ccccc65)ccc4)c4ccccc4)nc2c2c(O)c4ccccc4n32)C1(C)C.[Pt+2]. The molecule has 0 unspecified atom stereocenters. The van der Waals surface area contributed by atoms with Crippen LogP contribution in [0.15, 0.2) is 146 Å². The predicted molar refractivity (Wildman–Crippen MR) is 220 cm³/mol. The van der Waals surface area contributed by atoms with Crippen molar-refractivity contribution in [3.63, 3.8) is 0 Å². The number of fused-ring (bicyclic) bond motifs is 6. The second-order valence-corrected chi connectivity index (χ2v) is 15.6. The molecule has 4 aromatic heterocycles. The number of aromatic hydroxyl groups is 1. The Kier molecular flexibility index (Phi) is 7.46. The van der Waals surface area contributed by atoms with Crippen molar-refractivity contribution < 1.29 is 30.7 Å². The second-order valence-electron chi connectivity index (χ2n) is 15.6. The van der Waals surface area contributed by atoms with E-state index < -0.39 is 5.41 Å². The van der Waals surface area contributed by atoms with Crippen molar-refractivity contribution in [2.45, 2.75) is 38.5 Å². The quantitative estimate of drug-likeness (QED) is 0.138. The first-order valence-electron chi connectivity index (χ1n) is 18.7. The second kappa shape index (κ2) is 12.2. The number of rotatable bonds is 5. The number of aromatic nitrogens is 5. The fraction of sp³-hybridized carbons (Fsp3) is 0.125. The monoisotopic (exact) mass is 908 g/mol. The molecule has 1 aliphatic heterocycles. The molecule has 0 spiro atoms. The van der Waals surface area contributed by atoms with Crippen LogP contribution in [-0.2, 0) is 31.9 Å². The maximum atomic E-state index is 12.0. The summed E-state index contributed by atoms with van der Waals surface area (Å²) in [6.45, 7) is 9.34. The third-order valence-electron chi connectivity index (χ3n) is 12.3. The Morgan fingerprint density at radius 3 is 2.09 bits per heavy atom. The predicted octanol–water partition coefficient (Wildman–Crippen LogP) is 10.5. The van der Waals surface area contributed by atoms with Crippen molar-refractivity contribution in [1.29, 1.82) is 0 Å². The molecule has 0 radical (unpaired) electrons.